The molecule has 0 N–H and O–H groups in total. The minimum absolute atomic E-state index is 0.186. The molecule has 5 aromatic carbocycles. The molecule has 6 heterocycles. The number of para-hydroxylation sites is 4. The Morgan fingerprint density at radius 3 is 1.74 bits per heavy atom. The van der Waals surface area contributed by atoms with Crippen molar-refractivity contribution in [3.8, 4) is 11.4 Å². The Morgan fingerprint density at radius 1 is 0.618 bits per heavy atom. The molecule has 0 spiro atoms. The average Bonchev–Trinajstić information content (AvgIpc) is 3.86. The lowest BCUT2D eigenvalue weighted by atomic mass is 10.0. The van der Waals surface area contributed by atoms with Crippen molar-refractivity contribution in [1.29, 1.82) is 0 Å². The van der Waals surface area contributed by atoms with Gasteiger partial charge >= 0.3 is 0 Å². The molecule has 0 saturated carbocycles. The Bertz CT molecular complexity index is 3630. The maximum absolute atomic E-state index is 14.1. The molecule has 11 rings (SSSR count). The quantitative estimate of drug-likeness (QED) is 0.162. The molecule has 13 heteroatoms. The molecule has 2 amide bonds. The van der Waals surface area contributed by atoms with Crippen molar-refractivity contribution in [2.24, 2.45) is 14.1 Å². The molecule has 68 heavy (non-hydrogen) atoms. The van der Waals surface area contributed by atoms with Crippen LogP contribution in [0.4, 0.5) is 11.4 Å². The number of hydrogen-bond acceptors (Lipinski definition) is 7. The maximum atomic E-state index is 14.1. The van der Waals surface area contributed by atoms with Crippen LogP contribution in [0.2, 0.25) is 0 Å². The molecule has 13 nitrogen and oxygen atoms in total. The van der Waals surface area contributed by atoms with E-state index in [4.69, 9.17) is 5.10 Å². The van der Waals surface area contributed by atoms with Crippen molar-refractivity contribution in [1.82, 2.24) is 33.7 Å². The Labute approximate surface area is 392 Å². The second kappa shape index (κ2) is 18.8. The van der Waals surface area contributed by atoms with Crippen LogP contribution in [-0.4, -0.2) is 58.6 Å². The summed E-state index contributed by atoms with van der Waals surface area (Å²) in [6.07, 6.45) is 5.13. The first-order chi connectivity index (χ1) is 33.2. The number of carbonyl (C=O) groups is 2. The molecule has 0 atom stereocenters. The molecule has 0 saturated heterocycles. The third-order valence-corrected chi connectivity index (χ3v) is 12.5. The van der Waals surface area contributed by atoms with Crippen LogP contribution < -0.4 is 20.9 Å². The van der Waals surface area contributed by atoms with Gasteiger partial charge in [-0.3, -0.25) is 24.2 Å². The van der Waals surface area contributed by atoms with Crippen LogP contribution in [0.5, 0.6) is 0 Å². The third kappa shape index (κ3) is 7.70. The first kappa shape index (κ1) is 44.7. The monoisotopic (exact) mass is 901 g/mol. The van der Waals surface area contributed by atoms with Gasteiger partial charge in [-0.1, -0.05) is 104 Å². The number of amides is 2. The highest BCUT2D eigenvalue weighted by Crippen LogP contribution is 2.33. The van der Waals surface area contributed by atoms with Gasteiger partial charge in [0.15, 0.2) is 11.4 Å². The molecular weight excluding hydrogens is 851 g/mol. The van der Waals surface area contributed by atoms with Gasteiger partial charge in [0, 0.05) is 83.5 Å². The number of pyridine rings is 1. The third-order valence-electron chi connectivity index (χ3n) is 12.5. The number of aromatic nitrogens is 7. The number of benzene rings is 5. The summed E-state index contributed by atoms with van der Waals surface area (Å²) in [4.78, 5) is 62.7. The highest BCUT2D eigenvalue weighted by molar-refractivity contribution is 6.21. The van der Waals surface area contributed by atoms with E-state index in [1.54, 1.807) is 41.6 Å². The first-order valence-corrected chi connectivity index (χ1v) is 22.9. The molecule has 0 bridgehead atoms. The molecule has 10 aromatic rings. The predicted octanol–water partition coefficient (Wildman–Crippen LogP) is 9.74. The summed E-state index contributed by atoms with van der Waals surface area (Å²) in [5, 5.41) is 12.2. The van der Waals surface area contributed by atoms with Gasteiger partial charge in [0.1, 0.15) is 11.0 Å². The summed E-state index contributed by atoms with van der Waals surface area (Å²) < 4.78 is 6.40. The Hall–Kier alpha value is -8.45. The summed E-state index contributed by atoms with van der Waals surface area (Å²) in [5.74, 6) is -0.459. The van der Waals surface area contributed by atoms with E-state index in [0.29, 0.717) is 52.0 Å². The number of hydrogen-bond donors (Lipinski definition) is 0. The molecule has 0 fully saturated rings. The molecule has 1 aliphatic rings. The highest BCUT2D eigenvalue weighted by atomic mass is 16.2. The van der Waals surface area contributed by atoms with E-state index in [1.165, 1.54) is 9.36 Å². The van der Waals surface area contributed by atoms with Gasteiger partial charge in [0.2, 0.25) is 0 Å². The summed E-state index contributed by atoms with van der Waals surface area (Å²) in [6.45, 7) is 8.97. The van der Waals surface area contributed by atoms with Gasteiger partial charge in [-0.2, -0.15) is 19.6 Å². The molecule has 0 unspecified atom stereocenters. The number of anilines is 2. The van der Waals surface area contributed by atoms with Crippen molar-refractivity contribution >= 4 is 66.8 Å². The van der Waals surface area contributed by atoms with Crippen LogP contribution in [0.25, 0.3) is 55.0 Å². The molecule has 0 aliphatic carbocycles. The zero-order valence-electron chi connectivity index (χ0n) is 38.9. The van der Waals surface area contributed by atoms with E-state index in [-0.39, 0.29) is 28.6 Å². The molecule has 340 valence electrons. The Balaban J connectivity index is 0.000000164. The summed E-state index contributed by atoms with van der Waals surface area (Å²) in [5.41, 5.74) is 7.82. The minimum Gasteiger partial charge on any atom is -0.339 e. The molecule has 5 aromatic heterocycles. The normalized spacial score (nSPS) is 12.1. The minimum atomic E-state index is -0.273. The Kier molecular flexibility index (Phi) is 12.4. The van der Waals surface area contributed by atoms with E-state index >= 15 is 0 Å². The Morgan fingerprint density at radius 2 is 1.13 bits per heavy atom. The summed E-state index contributed by atoms with van der Waals surface area (Å²) in [7, 11) is 3.71. The number of fused-ring (bicyclic) bond motifs is 7. The second-order valence-corrected chi connectivity index (χ2v) is 16.3. The fraction of sp³-hybridized carbons (Fsp3) is 0.182. The van der Waals surface area contributed by atoms with E-state index in [9.17, 15) is 19.2 Å². The van der Waals surface area contributed by atoms with Crippen LogP contribution in [0.3, 0.4) is 0 Å². The van der Waals surface area contributed by atoms with Gasteiger partial charge in [-0.05, 0) is 86.8 Å². The van der Waals surface area contributed by atoms with Crippen molar-refractivity contribution < 1.29 is 9.59 Å². The van der Waals surface area contributed by atoms with E-state index in [0.717, 1.165) is 57.1 Å². The van der Waals surface area contributed by atoms with Gasteiger partial charge < -0.3 is 18.9 Å². The summed E-state index contributed by atoms with van der Waals surface area (Å²) >= 11 is 0. The lowest BCUT2D eigenvalue weighted by Gasteiger charge is -2.29. The van der Waals surface area contributed by atoms with Crippen molar-refractivity contribution in [3.63, 3.8) is 0 Å². The molecule has 0 radical (unpaired) electrons. The fourth-order valence-corrected chi connectivity index (χ4v) is 9.23. The second-order valence-electron chi connectivity index (χ2n) is 16.3. The van der Waals surface area contributed by atoms with Crippen molar-refractivity contribution in [2.75, 3.05) is 22.9 Å². The number of rotatable bonds is 6. The zero-order valence-corrected chi connectivity index (χ0v) is 38.9. The fourth-order valence-electron chi connectivity index (χ4n) is 9.23. The lowest BCUT2D eigenvalue weighted by molar-refractivity contribution is 0.0974. The van der Waals surface area contributed by atoms with Crippen LogP contribution in [0.1, 0.15) is 59.3 Å². The van der Waals surface area contributed by atoms with Crippen molar-refractivity contribution in [3.05, 3.63) is 195 Å². The molecular formula is C55H51N9O4. The number of carbonyl (C=O) groups excluding carboxylic acids is 2. The van der Waals surface area contributed by atoms with Crippen LogP contribution in [0, 0.1) is 6.92 Å². The maximum Gasteiger partial charge on any atom is 0.296 e. The smallest absolute Gasteiger partial charge is 0.296 e. The predicted molar refractivity (Wildman–Crippen MR) is 272 cm³/mol. The van der Waals surface area contributed by atoms with Crippen molar-refractivity contribution in [2.45, 2.75) is 40.5 Å². The first-order valence-electron chi connectivity index (χ1n) is 22.9. The zero-order chi connectivity index (χ0) is 47.6. The van der Waals surface area contributed by atoms with Gasteiger partial charge in [0.25, 0.3) is 22.9 Å². The lowest BCUT2D eigenvalue weighted by Crippen LogP contribution is -2.37. The standard InChI is InChI=1S/C28H24N4O2.C25H21N5O2.C2H6/c1-18-13-15-20(16-14-18)32-28(34)26-24(21-10-4-6-12-23(21)30(26)2)25(29-32)27(33)31-17-7-9-19-8-3-5-11-22(19)31;1-3-29(17-13-15-26-16-14-17)24(31)22-21-19-11-7-8-12-20(19)28(2)23(21)25(32)30(27-22)18-9-5-4-6-10-18;1-2/h3-6,8,10-16H,7,9,17H2,1-2H3;4-16H,3H2,1-2H3;1-2H3. The van der Waals surface area contributed by atoms with E-state index in [1.807, 2.05) is 165 Å². The van der Waals surface area contributed by atoms with Gasteiger partial charge in [0.05, 0.1) is 11.4 Å². The van der Waals surface area contributed by atoms with Gasteiger partial charge in [-0.15, -0.1) is 0 Å². The number of aryl methyl sites for hydroxylation is 4. The molecule has 1 aliphatic heterocycles. The van der Waals surface area contributed by atoms with Crippen LogP contribution >= 0.6 is 0 Å². The van der Waals surface area contributed by atoms with Crippen LogP contribution in [0.15, 0.2) is 162 Å². The highest BCUT2D eigenvalue weighted by Gasteiger charge is 2.30. The average molecular weight is 902 g/mol. The van der Waals surface area contributed by atoms with E-state index in [2.05, 4.69) is 16.1 Å². The van der Waals surface area contributed by atoms with Gasteiger partial charge in [-0.25, -0.2) is 0 Å². The van der Waals surface area contributed by atoms with E-state index < -0.39 is 0 Å². The number of nitrogens with zero attached hydrogens (tertiary/aromatic N) is 9. The van der Waals surface area contributed by atoms with Crippen LogP contribution in [-0.2, 0) is 20.5 Å². The SMILES string of the molecule is CC.CCN(C(=O)c1nn(-c2ccccc2)c(=O)c2c1c1ccccc1n2C)c1ccncc1.Cc1ccc(-n2nc(C(=O)N3CCCc4ccccc43)c3c4ccccc4n(C)c3c2=O)cc1. The topological polar surface area (TPSA) is 133 Å². The largest absolute Gasteiger partial charge is 0.339 e. The summed E-state index contributed by atoms with van der Waals surface area (Å²) in [6, 6.07) is 43.8.